The highest BCUT2D eigenvalue weighted by Gasteiger charge is 2.19. The molecule has 1 saturated heterocycles. The number of nitrogens with two attached hydrogens (primary N) is 1. The molecular weight excluding hydrogens is 166 g/mol. The van der Waals surface area contributed by atoms with E-state index in [2.05, 4.69) is 6.92 Å². The highest BCUT2D eigenvalue weighted by Crippen LogP contribution is 2.13. The maximum absolute atomic E-state index is 5.94. The minimum Gasteiger partial charge on any atom is -0.381 e. The van der Waals surface area contributed by atoms with Gasteiger partial charge in [-0.25, -0.2) is 0 Å². The molecule has 13 heavy (non-hydrogen) atoms. The van der Waals surface area contributed by atoms with E-state index in [9.17, 15) is 0 Å². The summed E-state index contributed by atoms with van der Waals surface area (Å²) in [5.41, 5.74) is 5.78. The Bertz CT molecular complexity index is 142. The Labute approximate surface area is 80.6 Å². The number of hydrogen-bond acceptors (Lipinski definition) is 3. The van der Waals surface area contributed by atoms with Gasteiger partial charge < -0.3 is 15.2 Å². The molecule has 1 heterocycles. The fourth-order valence-electron chi connectivity index (χ4n) is 1.28. The largest absolute Gasteiger partial charge is 0.381 e. The quantitative estimate of drug-likeness (QED) is 0.702. The van der Waals surface area contributed by atoms with Crippen LogP contribution in [0.3, 0.4) is 0 Å². The molecule has 2 N–H and O–H groups in total. The predicted octanol–water partition coefficient (Wildman–Crippen LogP) is 1.17. The molecule has 0 bridgehead atoms. The van der Waals surface area contributed by atoms with Crippen LogP contribution >= 0.6 is 0 Å². The summed E-state index contributed by atoms with van der Waals surface area (Å²) in [7, 11) is 0. The van der Waals surface area contributed by atoms with Crippen LogP contribution < -0.4 is 5.73 Å². The maximum atomic E-state index is 5.94. The standard InChI is InChI=1S/C10H21NO2/c1-3-10(2,11)8-13-7-9-4-5-12-6-9/h9H,3-8,11H2,1-2H3. The third-order valence-electron chi connectivity index (χ3n) is 2.62. The zero-order valence-corrected chi connectivity index (χ0v) is 8.71. The van der Waals surface area contributed by atoms with Gasteiger partial charge in [0, 0.05) is 18.1 Å². The van der Waals surface area contributed by atoms with Crippen LogP contribution in [0.15, 0.2) is 0 Å². The zero-order chi connectivity index (χ0) is 9.73. The summed E-state index contributed by atoms with van der Waals surface area (Å²) in [6.07, 6.45) is 2.08. The Morgan fingerprint density at radius 3 is 2.92 bits per heavy atom. The fraction of sp³-hybridized carbons (Fsp3) is 1.00. The van der Waals surface area contributed by atoms with Gasteiger partial charge in [-0.15, -0.1) is 0 Å². The lowest BCUT2D eigenvalue weighted by Gasteiger charge is -2.23. The Morgan fingerprint density at radius 2 is 2.38 bits per heavy atom. The predicted molar refractivity (Wildman–Crippen MR) is 52.6 cm³/mol. The Hall–Kier alpha value is -0.120. The molecule has 0 amide bonds. The van der Waals surface area contributed by atoms with E-state index in [1.807, 2.05) is 6.92 Å². The van der Waals surface area contributed by atoms with E-state index in [4.69, 9.17) is 15.2 Å². The summed E-state index contributed by atoms with van der Waals surface area (Å²) < 4.78 is 10.8. The van der Waals surface area contributed by atoms with E-state index in [1.165, 1.54) is 0 Å². The second kappa shape index (κ2) is 4.94. The third kappa shape index (κ3) is 4.07. The first-order valence-electron chi connectivity index (χ1n) is 5.08. The van der Waals surface area contributed by atoms with Gasteiger partial charge in [0.2, 0.25) is 0 Å². The van der Waals surface area contributed by atoms with Crippen molar-refractivity contribution in [2.75, 3.05) is 26.4 Å². The van der Waals surface area contributed by atoms with Gasteiger partial charge in [-0.1, -0.05) is 6.92 Å². The summed E-state index contributed by atoms with van der Waals surface area (Å²) in [5, 5.41) is 0. The molecule has 2 unspecified atom stereocenters. The van der Waals surface area contributed by atoms with Gasteiger partial charge in [0.15, 0.2) is 0 Å². The fourth-order valence-corrected chi connectivity index (χ4v) is 1.28. The molecule has 0 spiro atoms. The summed E-state index contributed by atoms with van der Waals surface area (Å²) in [4.78, 5) is 0. The van der Waals surface area contributed by atoms with E-state index in [0.29, 0.717) is 12.5 Å². The first-order valence-corrected chi connectivity index (χ1v) is 5.08. The van der Waals surface area contributed by atoms with Gasteiger partial charge in [-0.3, -0.25) is 0 Å². The Balaban J connectivity index is 2.06. The molecule has 3 heteroatoms. The van der Waals surface area contributed by atoms with Crippen LogP contribution in [0.4, 0.5) is 0 Å². The van der Waals surface area contributed by atoms with Crippen molar-refractivity contribution in [3.63, 3.8) is 0 Å². The Kier molecular flexibility index (Phi) is 4.16. The number of ether oxygens (including phenoxy) is 2. The smallest absolute Gasteiger partial charge is 0.0643 e. The summed E-state index contributed by atoms with van der Waals surface area (Å²) in [6, 6.07) is 0. The molecule has 0 aromatic rings. The Morgan fingerprint density at radius 1 is 1.62 bits per heavy atom. The van der Waals surface area contributed by atoms with E-state index in [-0.39, 0.29) is 5.54 Å². The molecule has 0 aromatic carbocycles. The normalized spacial score (nSPS) is 27.5. The lowest BCUT2D eigenvalue weighted by Crippen LogP contribution is -2.40. The second-order valence-electron chi connectivity index (χ2n) is 4.25. The van der Waals surface area contributed by atoms with Gasteiger partial charge in [-0.2, -0.15) is 0 Å². The van der Waals surface area contributed by atoms with Gasteiger partial charge in [0.1, 0.15) is 0 Å². The zero-order valence-electron chi connectivity index (χ0n) is 8.71. The molecule has 0 radical (unpaired) electrons. The van der Waals surface area contributed by atoms with Gasteiger partial charge in [0.05, 0.1) is 19.8 Å². The average molecular weight is 187 g/mol. The topological polar surface area (TPSA) is 44.5 Å². The van der Waals surface area contributed by atoms with Crippen LogP contribution in [0, 0.1) is 5.92 Å². The van der Waals surface area contributed by atoms with Gasteiger partial charge >= 0.3 is 0 Å². The van der Waals surface area contributed by atoms with Crippen LogP contribution in [0.5, 0.6) is 0 Å². The molecule has 1 aliphatic rings. The minimum absolute atomic E-state index is 0.167. The number of rotatable bonds is 5. The monoisotopic (exact) mass is 187 g/mol. The molecule has 0 saturated carbocycles. The molecular formula is C10H21NO2. The van der Waals surface area contributed by atoms with Crippen LogP contribution in [0.25, 0.3) is 0 Å². The van der Waals surface area contributed by atoms with E-state index in [1.54, 1.807) is 0 Å². The summed E-state index contributed by atoms with van der Waals surface area (Å²) in [6.45, 7) is 7.31. The minimum atomic E-state index is -0.167. The molecule has 1 aliphatic heterocycles. The molecule has 2 atom stereocenters. The molecule has 78 valence electrons. The highest BCUT2D eigenvalue weighted by molar-refractivity contribution is 4.76. The molecule has 0 aliphatic carbocycles. The van der Waals surface area contributed by atoms with Crippen molar-refractivity contribution >= 4 is 0 Å². The third-order valence-corrected chi connectivity index (χ3v) is 2.62. The second-order valence-corrected chi connectivity index (χ2v) is 4.25. The molecule has 1 rings (SSSR count). The highest BCUT2D eigenvalue weighted by atomic mass is 16.5. The van der Waals surface area contributed by atoms with Crippen LogP contribution in [0.2, 0.25) is 0 Å². The first kappa shape index (κ1) is 11.0. The van der Waals surface area contributed by atoms with E-state index in [0.717, 1.165) is 32.7 Å². The van der Waals surface area contributed by atoms with Crippen LogP contribution in [0.1, 0.15) is 26.7 Å². The van der Waals surface area contributed by atoms with Crippen LogP contribution in [-0.4, -0.2) is 32.0 Å². The average Bonchev–Trinajstić information content (AvgIpc) is 2.57. The number of hydrogen-bond donors (Lipinski definition) is 1. The van der Waals surface area contributed by atoms with Crippen molar-refractivity contribution in [2.24, 2.45) is 11.7 Å². The van der Waals surface area contributed by atoms with Gasteiger partial charge in [0.25, 0.3) is 0 Å². The van der Waals surface area contributed by atoms with E-state index >= 15 is 0 Å². The van der Waals surface area contributed by atoms with Crippen molar-refractivity contribution in [1.29, 1.82) is 0 Å². The van der Waals surface area contributed by atoms with Gasteiger partial charge in [-0.05, 0) is 19.8 Å². The summed E-state index contributed by atoms with van der Waals surface area (Å²) >= 11 is 0. The molecule has 1 fully saturated rings. The van der Waals surface area contributed by atoms with Crippen LogP contribution in [-0.2, 0) is 9.47 Å². The lowest BCUT2D eigenvalue weighted by atomic mass is 10.0. The molecule has 0 aromatic heterocycles. The van der Waals surface area contributed by atoms with Crippen molar-refractivity contribution < 1.29 is 9.47 Å². The lowest BCUT2D eigenvalue weighted by molar-refractivity contribution is 0.0585. The van der Waals surface area contributed by atoms with Crippen molar-refractivity contribution in [3.05, 3.63) is 0 Å². The first-order chi connectivity index (χ1) is 6.14. The maximum Gasteiger partial charge on any atom is 0.0643 e. The van der Waals surface area contributed by atoms with Crippen molar-refractivity contribution in [3.8, 4) is 0 Å². The SMILES string of the molecule is CCC(C)(N)COCC1CCOC1. The van der Waals surface area contributed by atoms with E-state index < -0.39 is 0 Å². The summed E-state index contributed by atoms with van der Waals surface area (Å²) in [5.74, 6) is 0.590. The van der Waals surface area contributed by atoms with Crippen molar-refractivity contribution in [1.82, 2.24) is 0 Å². The van der Waals surface area contributed by atoms with Crippen molar-refractivity contribution in [2.45, 2.75) is 32.2 Å². The molecule has 3 nitrogen and oxygen atoms in total.